The summed E-state index contributed by atoms with van der Waals surface area (Å²) in [5.41, 5.74) is 2.77. The molecule has 28 heavy (non-hydrogen) atoms. The lowest BCUT2D eigenvalue weighted by atomic mass is 9.74. The van der Waals surface area contributed by atoms with Gasteiger partial charge in [0.25, 0.3) is 0 Å². The van der Waals surface area contributed by atoms with E-state index < -0.39 is 6.09 Å². The van der Waals surface area contributed by atoms with Gasteiger partial charge in [-0.1, -0.05) is 51.5 Å². The van der Waals surface area contributed by atoms with Crippen LogP contribution in [0.4, 0.5) is 4.79 Å². The molecule has 5 nitrogen and oxygen atoms in total. The molecule has 0 heterocycles. The molecule has 5 heteroatoms. The van der Waals surface area contributed by atoms with Gasteiger partial charge < -0.3 is 15.0 Å². The van der Waals surface area contributed by atoms with Crippen molar-refractivity contribution < 1.29 is 14.3 Å². The first-order valence-corrected chi connectivity index (χ1v) is 10.6. The Labute approximate surface area is 169 Å². The van der Waals surface area contributed by atoms with Gasteiger partial charge in [-0.2, -0.15) is 0 Å². The summed E-state index contributed by atoms with van der Waals surface area (Å²) < 4.78 is 4.62. The number of carbonyl (C=O) groups excluding carboxylic acids is 2. The van der Waals surface area contributed by atoms with Gasteiger partial charge in [-0.15, -0.1) is 0 Å². The lowest BCUT2D eigenvalue weighted by Gasteiger charge is -2.42. The summed E-state index contributed by atoms with van der Waals surface area (Å²) in [5.74, 6) is 1.06. The van der Waals surface area contributed by atoms with Crippen LogP contribution in [-0.2, 0) is 9.53 Å². The number of amides is 2. The summed E-state index contributed by atoms with van der Waals surface area (Å²) in [6.07, 6.45) is 4.36. The fraction of sp³-hybridized carbons (Fsp3) is 0.652. The van der Waals surface area contributed by atoms with Gasteiger partial charge >= 0.3 is 6.09 Å². The molecule has 2 atom stereocenters. The molecule has 1 aromatic rings. The molecule has 1 aliphatic rings. The maximum absolute atomic E-state index is 12.9. The highest BCUT2D eigenvalue weighted by atomic mass is 16.5. The average Bonchev–Trinajstić information content (AvgIpc) is 2.68. The topological polar surface area (TPSA) is 58.6 Å². The minimum absolute atomic E-state index is 0.119. The summed E-state index contributed by atoms with van der Waals surface area (Å²) in [6.45, 7) is 6.86. The second-order valence-electron chi connectivity index (χ2n) is 8.11. The maximum atomic E-state index is 12.9. The second-order valence-corrected chi connectivity index (χ2v) is 8.11. The van der Waals surface area contributed by atoms with Crippen LogP contribution < -0.4 is 5.32 Å². The van der Waals surface area contributed by atoms with Crippen molar-refractivity contribution in [1.82, 2.24) is 10.2 Å². The van der Waals surface area contributed by atoms with Crippen molar-refractivity contribution in [1.29, 1.82) is 0 Å². The van der Waals surface area contributed by atoms with Crippen molar-refractivity contribution in [3.63, 3.8) is 0 Å². The van der Waals surface area contributed by atoms with Gasteiger partial charge in [0, 0.05) is 19.6 Å². The molecule has 0 saturated heterocycles. The Bertz CT molecular complexity index is 638. The number of methoxy groups -OCH3 is 1. The Morgan fingerprint density at radius 1 is 1.21 bits per heavy atom. The molecule has 0 aromatic heterocycles. The number of nitrogens with one attached hydrogen (secondary N) is 1. The molecule has 1 N–H and O–H groups in total. The maximum Gasteiger partial charge on any atom is 0.406 e. The van der Waals surface area contributed by atoms with Crippen LogP contribution in [0.15, 0.2) is 24.3 Å². The zero-order valence-electron chi connectivity index (χ0n) is 18.0. The fourth-order valence-electron chi connectivity index (χ4n) is 3.92. The molecule has 1 fully saturated rings. The fourth-order valence-corrected chi connectivity index (χ4v) is 3.92. The third kappa shape index (κ3) is 5.49. The highest BCUT2D eigenvalue weighted by Crippen LogP contribution is 2.40. The number of nitrogens with zero attached hydrogens (tertiary/aromatic N) is 1. The van der Waals surface area contributed by atoms with Gasteiger partial charge in [0.2, 0.25) is 5.91 Å². The van der Waals surface area contributed by atoms with Crippen LogP contribution in [0, 0.1) is 5.92 Å². The quantitative estimate of drug-likeness (QED) is 0.668. The molecule has 0 aliphatic heterocycles. The Balaban J connectivity index is 1.88. The van der Waals surface area contributed by atoms with Crippen LogP contribution in [0.2, 0.25) is 0 Å². The van der Waals surface area contributed by atoms with E-state index in [4.69, 9.17) is 0 Å². The molecular weight excluding hydrogens is 352 g/mol. The highest BCUT2D eigenvalue weighted by molar-refractivity contribution is 5.80. The summed E-state index contributed by atoms with van der Waals surface area (Å²) in [7, 11) is 3.23. The first kappa shape index (κ1) is 22.3. The largest absolute Gasteiger partial charge is 0.453 e. The molecule has 0 radical (unpaired) electrons. The van der Waals surface area contributed by atoms with Crippen LogP contribution in [0.25, 0.3) is 0 Å². The SMILES string of the molecule is CCC[C@H](CNC(=O)OC)C(=O)N(C)C1CC(c2ccc(C(C)CC)cc2)C1. The minimum atomic E-state index is -0.485. The summed E-state index contributed by atoms with van der Waals surface area (Å²) in [5, 5.41) is 2.67. The normalized spacial score (nSPS) is 20.6. The third-order valence-electron chi connectivity index (χ3n) is 6.26. The van der Waals surface area contributed by atoms with Gasteiger partial charge in [-0.3, -0.25) is 4.79 Å². The second kappa shape index (κ2) is 10.5. The van der Waals surface area contributed by atoms with E-state index in [0.717, 1.165) is 32.1 Å². The zero-order chi connectivity index (χ0) is 20.7. The lowest BCUT2D eigenvalue weighted by Crippen LogP contribution is -2.48. The van der Waals surface area contributed by atoms with Gasteiger partial charge in [0.1, 0.15) is 0 Å². The van der Waals surface area contributed by atoms with Crippen LogP contribution in [0.5, 0.6) is 0 Å². The molecule has 1 aromatic carbocycles. The van der Waals surface area contributed by atoms with Crippen molar-refractivity contribution in [2.24, 2.45) is 5.92 Å². The van der Waals surface area contributed by atoms with Crippen molar-refractivity contribution >= 4 is 12.0 Å². The van der Waals surface area contributed by atoms with Crippen molar-refractivity contribution in [3.8, 4) is 0 Å². The predicted octanol–water partition coefficient (Wildman–Crippen LogP) is 4.68. The Kier molecular flexibility index (Phi) is 8.34. The molecule has 156 valence electrons. The van der Waals surface area contributed by atoms with E-state index in [-0.39, 0.29) is 17.9 Å². The molecule has 0 spiro atoms. The van der Waals surface area contributed by atoms with Crippen molar-refractivity contribution in [2.45, 2.75) is 70.8 Å². The summed E-state index contributed by atoms with van der Waals surface area (Å²) in [6, 6.07) is 9.29. The van der Waals surface area contributed by atoms with Gasteiger partial charge in [-0.05, 0) is 48.6 Å². The number of hydrogen-bond donors (Lipinski definition) is 1. The smallest absolute Gasteiger partial charge is 0.406 e. The number of benzene rings is 1. The van der Waals surface area contributed by atoms with Crippen LogP contribution in [0.3, 0.4) is 0 Å². The standard InChI is InChI=1S/C23H36N2O3/c1-6-8-19(15-24-23(27)28-5)22(26)25(4)21-13-20(14-21)18-11-9-17(10-12-18)16(3)7-2/h9-12,16,19-21H,6-8,13-15H2,1-5H3,(H,24,27)/t16?,19-,20?,21?/m1/s1. The molecule has 2 amide bonds. The van der Waals surface area contributed by atoms with E-state index in [2.05, 4.69) is 55.1 Å². The molecule has 2 rings (SSSR count). The highest BCUT2D eigenvalue weighted by Gasteiger charge is 2.36. The van der Waals surface area contributed by atoms with Crippen LogP contribution in [-0.4, -0.2) is 43.6 Å². The Hall–Kier alpha value is -2.04. The van der Waals surface area contributed by atoms with Crippen molar-refractivity contribution in [2.75, 3.05) is 20.7 Å². The third-order valence-corrected chi connectivity index (χ3v) is 6.26. The molecular formula is C23H36N2O3. The Morgan fingerprint density at radius 3 is 2.39 bits per heavy atom. The number of hydrogen-bond acceptors (Lipinski definition) is 3. The molecule has 1 unspecified atom stereocenters. The average molecular weight is 389 g/mol. The monoisotopic (exact) mass is 388 g/mol. The number of alkyl carbamates (subject to hydrolysis) is 1. The van der Waals surface area contributed by atoms with Gasteiger partial charge in [-0.25, -0.2) is 4.79 Å². The zero-order valence-corrected chi connectivity index (χ0v) is 18.0. The predicted molar refractivity (Wildman–Crippen MR) is 112 cm³/mol. The number of rotatable bonds is 9. The van der Waals surface area contributed by atoms with E-state index in [1.54, 1.807) is 0 Å². The van der Waals surface area contributed by atoms with E-state index in [9.17, 15) is 9.59 Å². The van der Waals surface area contributed by atoms with Crippen LogP contribution in [0.1, 0.15) is 75.8 Å². The van der Waals surface area contributed by atoms with E-state index >= 15 is 0 Å². The molecule has 0 bridgehead atoms. The molecule has 1 aliphatic carbocycles. The van der Waals surface area contributed by atoms with Crippen LogP contribution >= 0.6 is 0 Å². The Morgan fingerprint density at radius 2 is 1.86 bits per heavy atom. The van der Waals surface area contributed by atoms with E-state index in [1.165, 1.54) is 18.2 Å². The number of carbonyl (C=O) groups is 2. The summed E-state index contributed by atoms with van der Waals surface area (Å²) >= 11 is 0. The van der Waals surface area contributed by atoms with Gasteiger partial charge in [0.15, 0.2) is 0 Å². The van der Waals surface area contributed by atoms with E-state index in [1.807, 2.05) is 11.9 Å². The molecule has 1 saturated carbocycles. The lowest BCUT2D eigenvalue weighted by molar-refractivity contribution is -0.138. The first-order chi connectivity index (χ1) is 13.4. The van der Waals surface area contributed by atoms with E-state index in [0.29, 0.717) is 18.4 Å². The number of ether oxygens (including phenoxy) is 1. The summed E-state index contributed by atoms with van der Waals surface area (Å²) in [4.78, 5) is 26.1. The first-order valence-electron chi connectivity index (χ1n) is 10.6. The van der Waals surface area contributed by atoms with Gasteiger partial charge in [0.05, 0.1) is 13.0 Å². The van der Waals surface area contributed by atoms with Crippen molar-refractivity contribution in [3.05, 3.63) is 35.4 Å². The minimum Gasteiger partial charge on any atom is -0.453 e.